The minimum absolute atomic E-state index is 0.173. The van der Waals surface area contributed by atoms with Crippen LogP contribution >= 0.6 is 11.6 Å². The molecule has 5 heteroatoms. The van der Waals surface area contributed by atoms with Gasteiger partial charge >= 0.3 is 5.63 Å². The number of nitrogens with zero attached hydrogens (tertiary/aromatic N) is 1. The SMILES string of the molecule is Cc1c(-c2ccc(Cl)cc2)c(=O)oc2c(CN3CCCCC3C)c(O)ccc12. The summed E-state index contributed by atoms with van der Waals surface area (Å²) in [5.41, 5.74) is 2.93. The molecule has 0 spiro atoms. The number of piperidine rings is 1. The van der Waals surface area contributed by atoms with E-state index in [-0.39, 0.29) is 5.75 Å². The fraction of sp³-hybridized carbons (Fsp3) is 0.348. The number of phenolic OH excluding ortho intramolecular Hbond substituents is 1. The van der Waals surface area contributed by atoms with E-state index in [0.717, 1.165) is 35.9 Å². The van der Waals surface area contributed by atoms with Gasteiger partial charge in [-0.1, -0.05) is 30.2 Å². The second kappa shape index (κ2) is 7.61. The van der Waals surface area contributed by atoms with Gasteiger partial charge in [-0.2, -0.15) is 0 Å². The van der Waals surface area contributed by atoms with E-state index in [1.165, 1.54) is 6.42 Å². The average Bonchev–Trinajstić information content (AvgIpc) is 2.67. The summed E-state index contributed by atoms with van der Waals surface area (Å²) in [5.74, 6) is 0.173. The van der Waals surface area contributed by atoms with Crippen LogP contribution in [0.2, 0.25) is 5.02 Å². The highest BCUT2D eigenvalue weighted by molar-refractivity contribution is 6.30. The number of hydrogen-bond donors (Lipinski definition) is 1. The summed E-state index contributed by atoms with van der Waals surface area (Å²) in [4.78, 5) is 15.2. The molecule has 0 radical (unpaired) electrons. The molecule has 0 amide bonds. The molecule has 3 aromatic rings. The lowest BCUT2D eigenvalue weighted by molar-refractivity contribution is 0.151. The molecular formula is C23H24ClNO3. The summed E-state index contributed by atoms with van der Waals surface area (Å²) >= 11 is 5.98. The van der Waals surface area contributed by atoms with Crippen molar-refractivity contribution in [3.05, 3.63) is 63.0 Å². The largest absolute Gasteiger partial charge is 0.507 e. The Kier molecular flexibility index (Phi) is 5.17. The summed E-state index contributed by atoms with van der Waals surface area (Å²) < 4.78 is 5.77. The Balaban J connectivity index is 1.85. The lowest BCUT2D eigenvalue weighted by atomic mass is 9.97. The van der Waals surface area contributed by atoms with E-state index in [2.05, 4.69) is 11.8 Å². The Bertz CT molecular complexity index is 1070. The van der Waals surface area contributed by atoms with E-state index in [1.807, 2.05) is 25.1 Å². The standard InChI is InChI=1S/C23H24ClNO3/c1-14-5-3-4-12-25(14)13-19-20(26)11-10-18-15(2)21(23(27)28-22(18)19)16-6-8-17(24)9-7-16/h6-11,14,26H,3-5,12-13H2,1-2H3. The van der Waals surface area contributed by atoms with Crippen LogP contribution in [0.25, 0.3) is 22.1 Å². The van der Waals surface area contributed by atoms with Gasteiger partial charge in [-0.05, 0) is 68.6 Å². The summed E-state index contributed by atoms with van der Waals surface area (Å²) in [6, 6.07) is 11.1. The van der Waals surface area contributed by atoms with Gasteiger partial charge in [0.2, 0.25) is 0 Å². The van der Waals surface area contributed by atoms with Gasteiger partial charge in [0.25, 0.3) is 0 Å². The highest BCUT2D eigenvalue weighted by Crippen LogP contribution is 2.34. The van der Waals surface area contributed by atoms with E-state index in [0.29, 0.717) is 34.3 Å². The minimum Gasteiger partial charge on any atom is -0.507 e. The highest BCUT2D eigenvalue weighted by Gasteiger charge is 2.23. The van der Waals surface area contributed by atoms with E-state index in [4.69, 9.17) is 16.0 Å². The number of likely N-dealkylation sites (tertiary alicyclic amines) is 1. The quantitative estimate of drug-likeness (QED) is 0.593. The van der Waals surface area contributed by atoms with E-state index in [1.54, 1.807) is 18.2 Å². The third kappa shape index (κ3) is 3.43. The molecule has 1 saturated heterocycles. The summed E-state index contributed by atoms with van der Waals surface area (Å²) in [6.07, 6.45) is 3.53. The predicted molar refractivity (Wildman–Crippen MR) is 113 cm³/mol. The molecule has 1 aromatic heterocycles. The average molecular weight is 398 g/mol. The highest BCUT2D eigenvalue weighted by atomic mass is 35.5. The molecule has 2 heterocycles. The maximum atomic E-state index is 12.9. The van der Waals surface area contributed by atoms with Gasteiger partial charge in [-0.15, -0.1) is 0 Å². The van der Waals surface area contributed by atoms with Crippen LogP contribution in [0.5, 0.6) is 5.75 Å². The van der Waals surface area contributed by atoms with Gasteiger partial charge in [-0.25, -0.2) is 4.79 Å². The van der Waals surface area contributed by atoms with Crippen molar-refractivity contribution >= 4 is 22.6 Å². The fourth-order valence-corrected chi connectivity index (χ4v) is 4.29. The van der Waals surface area contributed by atoms with E-state index < -0.39 is 5.63 Å². The summed E-state index contributed by atoms with van der Waals surface area (Å²) in [7, 11) is 0. The molecule has 1 aliphatic rings. The van der Waals surface area contributed by atoms with E-state index in [9.17, 15) is 9.90 Å². The van der Waals surface area contributed by atoms with Crippen LogP contribution in [-0.4, -0.2) is 22.6 Å². The number of halogens is 1. The third-order valence-corrected chi connectivity index (χ3v) is 6.10. The van der Waals surface area contributed by atoms with Gasteiger partial charge in [-0.3, -0.25) is 4.90 Å². The Morgan fingerprint density at radius 1 is 1.18 bits per heavy atom. The van der Waals surface area contributed by atoms with Crippen molar-refractivity contribution in [1.82, 2.24) is 4.90 Å². The van der Waals surface area contributed by atoms with Crippen molar-refractivity contribution < 1.29 is 9.52 Å². The van der Waals surface area contributed by atoms with Crippen molar-refractivity contribution in [3.8, 4) is 16.9 Å². The van der Waals surface area contributed by atoms with Gasteiger partial charge in [0, 0.05) is 23.0 Å². The minimum atomic E-state index is -0.397. The first kappa shape index (κ1) is 19.0. The molecule has 4 nitrogen and oxygen atoms in total. The number of fused-ring (bicyclic) bond motifs is 1. The molecule has 2 aromatic carbocycles. The molecule has 0 bridgehead atoms. The molecule has 1 fully saturated rings. The summed E-state index contributed by atoms with van der Waals surface area (Å²) in [6.45, 7) is 5.70. The van der Waals surface area contributed by atoms with Gasteiger partial charge < -0.3 is 9.52 Å². The van der Waals surface area contributed by atoms with Crippen molar-refractivity contribution in [1.29, 1.82) is 0 Å². The smallest absolute Gasteiger partial charge is 0.344 e. The number of hydrogen-bond acceptors (Lipinski definition) is 4. The van der Waals surface area contributed by atoms with Gasteiger partial charge in [0.05, 0.1) is 11.1 Å². The Morgan fingerprint density at radius 3 is 2.64 bits per heavy atom. The molecule has 1 aliphatic heterocycles. The van der Waals surface area contributed by atoms with Gasteiger partial charge in [0.15, 0.2) is 0 Å². The van der Waals surface area contributed by atoms with Crippen LogP contribution in [-0.2, 0) is 6.54 Å². The van der Waals surface area contributed by atoms with Gasteiger partial charge in [0.1, 0.15) is 11.3 Å². The number of aromatic hydroxyl groups is 1. The molecular weight excluding hydrogens is 374 g/mol. The molecule has 0 saturated carbocycles. The lowest BCUT2D eigenvalue weighted by Gasteiger charge is -2.33. The van der Waals surface area contributed by atoms with Crippen molar-refractivity contribution in [3.63, 3.8) is 0 Å². The molecule has 1 unspecified atom stereocenters. The second-order valence-corrected chi connectivity index (χ2v) is 8.09. The van der Waals surface area contributed by atoms with Crippen LogP contribution < -0.4 is 5.63 Å². The maximum Gasteiger partial charge on any atom is 0.344 e. The predicted octanol–water partition coefficient (Wildman–Crippen LogP) is 5.50. The number of benzene rings is 2. The van der Waals surface area contributed by atoms with Crippen molar-refractivity contribution in [2.75, 3.05) is 6.54 Å². The van der Waals surface area contributed by atoms with Crippen molar-refractivity contribution in [2.45, 2.75) is 45.7 Å². The monoisotopic (exact) mass is 397 g/mol. The van der Waals surface area contributed by atoms with Crippen LogP contribution in [0, 0.1) is 6.92 Å². The molecule has 1 atom stereocenters. The third-order valence-electron chi connectivity index (χ3n) is 5.85. The zero-order valence-corrected chi connectivity index (χ0v) is 16.9. The first-order valence-corrected chi connectivity index (χ1v) is 10.1. The maximum absolute atomic E-state index is 12.9. The van der Waals surface area contributed by atoms with E-state index >= 15 is 0 Å². The Morgan fingerprint density at radius 2 is 1.93 bits per heavy atom. The van der Waals surface area contributed by atoms with Crippen LogP contribution in [0.4, 0.5) is 0 Å². The fourth-order valence-electron chi connectivity index (χ4n) is 4.16. The summed E-state index contributed by atoms with van der Waals surface area (Å²) in [5, 5.41) is 12.0. The zero-order chi connectivity index (χ0) is 19.8. The molecule has 28 heavy (non-hydrogen) atoms. The van der Waals surface area contributed by atoms with Crippen LogP contribution in [0.15, 0.2) is 45.6 Å². The molecule has 1 N–H and O–H groups in total. The topological polar surface area (TPSA) is 53.7 Å². The molecule has 146 valence electrons. The normalized spacial score (nSPS) is 17.9. The number of phenols is 1. The second-order valence-electron chi connectivity index (χ2n) is 7.65. The van der Waals surface area contributed by atoms with Crippen LogP contribution in [0.1, 0.15) is 37.3 Å². The first-order chi connectivity index (χ1) is 13.5. The Hall–Kier alpha value is -2.30. The number of aryl methyl sites for hydroxylation is 1. The van der Waals surface area contributed by atoms with Crippen molar-refractivity contribution in [2.24, 2.45) is 0 Å². The molecule has 4 rings (SSSR count). The number of rotatable bonds is 3. The Labute approximate surface area is 169 Å². The lowest BCUT2D eigenvalue weighted by Crippen LogP contribution is -2.36. The molecule has 0 aliphatic carbocycles. The zero-order valence-electron chi connectivity index (χ0n) is 16.2. The first-order valence-electron chi connectivity index (χ1n) is 9.74. The van der Waals surface area contributed by atoms with Crippen LogP contribution in [0.3, 0.4) is 0 Å².